The Balaban J connectivity index is 1.55. The zero-order valence-corrected chi connectivity index (χ0v) is 14.3. The fraction of sp³-hybridized carbons (Fsp3) is 0.625. The first-order valence-electron chi connectivity index (χ1n) is 8.04. The van der Waals surface area contributed by atoms with Crippen molar-refractivity contribution in [1.29, 1.82) is 0 Å². The molecule has 0 bridgehead atoms. The van der Waals surface area contributed by atoms with Gasteiger partial charge in [-0.1, -0.05) is 6.42 Å². The van der Waals surface area contributed by atoms with Crippen molar-refractivity contribution in [2.75, 3.05) is 31.1 Å². The average Bonchev–Trinajstić information content (AvgIpc) is 2.55. The fourth-order valence-electron chi connectivity index (χ4n) is 3.42. The van der Waals surface area contributed by atoms with Gasteiger partial charge in [-0.15, -0.1) is 0 Å². The molecule has 22 heavy (non-hydrogen) atoms. The molecule has 1 saturated carbocycles. The summed E-state index contributed by atoms with van der Waals surface area (Å²) in [5.41, 5.74) is 6.01. The maximum Gasteiger partial charge on any atom is 0.225 e. The van der Waals surface area contributed by atoms with Gasteiger partial charge in [0.15, 0.2) is 0 Å². The number of hydrogen-bond donors (Lipinski definition) is 1. The Hall–Kier alpha value is -1.14. The number of carbonyl (C=O) groups is 1. The van der Waals surface area contributed by atoms with Gasteiger partial charge in [-0.05, 0) is 47.3 Å². The van der Waals surface area contributed by atoms with Crippen LogP contribution in [-0.2, 0) is 4.79 Å². The average molecular weight is 367 g/mol. The number of nitrogens with two attached hydrogens (primary N) is 1. The molecule has 1 saturated heterocycles. The van der Waals surface area contributed by atoms with Crippen molar-refractivity contribution in [3.63, 3.8) is 0 Å². The topological polar surface area (TPSA) is 62.5 Å². The van der Waals surface area contributed by atoms with E-state index in [0.717, 1.165) is 62.2 Å². The number of aromatic nitrogens is 1. The highest BCUT2D eigenvalue weighted by molar-refractivity contribution is 9.10. The van der Waals surface area contributed by atoms with E-state index in [0.29, 0.717) is 5.91 Å². The summed E-state index contributed by atoms with van der Waals surface area (Å²) in [5.74, 6) is 1.43. The molecule has 0 aromatic carbocycles. The summed E-state index contributed by atoms with van der Waals surface area (Å²) in [6.07, 6.45) is 5.82. The maximum absolute atomic E-state index is 12.6. The van der Waals surface area contributed by atoms with Crippen molar-refractivity contribution >= 4 is 27.7 Å². The number of amides is 1. The van der Waals surface area contributed by atoms with Crippen LogP contribution in [0, 0.1) is 5.92 Å². The normalized spacial score (nSPS) is 26.1. The summed E-state index contributed by atoms with van der Waals surface area (Å²) in [6.45, 7) is 3.25. The van der Waals surface area contributed by atoms with E-state index in [1.807, 2.05) is 23.2 Å². The third-order valence-electron chi connectivity index (χ3n) is 4.69. The van der Waals surface area contributed by atoms with Gasteiger partial charge in [0.25, 0.3) is 0 Å². The number of nitrogens with zero attached hydrogens (tertiary/aromatic N) is 3. The van der Waals surface area contributed by atoms with E-state index in [4.69, 9.17) is 5.73 Å². The number of halogens is 1. The molecule has 2 aliphatic rings. The van der Waals surface area contributed by atoms with Gasteiger partial charge in [0.1, 0.15) is 5.82 Å². The van der Waals surface area contributed by atoms with Gasteiger partial charge in [-0.25, -0.2) is 4.98 Å². The van der Waals surface area contributed by atoms with E-state index in [2.05, 4.69) is 25.8 Å². The molecule has 5 nitrogen and oxygen atoms in total. The molecule has 3 rings (SSSR count). The molecule has 0 radical (unpaired) electrons. The lowest BCUT2D eigenvalue weighted by molar-refractivity contribution is -0.137. The molecule has 2 heterocycles. The van der Waals surface area contributed by atoms with Gasteiger partial charge in [0, 0.05) is 48.8 Å². The molecule has 120 valence electrons. The number of piperazine rings is 1. The SMILES string of the molecule is N[C@H]1CCC[C@H](C(=O)N2CCN(c3ccc(Br)cn3)CC2)C1. The molecule has 2 N–H and O–H groups in total. The Kier molecular flexibility index (Phi) is 4.98. The second kappa shape index (κ2) is 6.96. The minimum absolute atomic E-state index is 0.140. The Labute approximate surface area is 140 Å². The first kappa shape index (κ1) is 15.7. The quantitative estimate of drug-likeness (QED) is 0.869. The van der Waals surface area contributed by atoms with E-state index in [-0.39, 0.29) is 12.0 Å². The highest BCUT2D eigenvalue weighted by atomic mass is 79.9. The Morgan fingerprint density at radius 3 is 2.64 bits per heavy atom. The monoisotopic (exact) mass is 366 g/mol. The lowest BCUT2D eigenvalue weighted by Crippen LogP contribution is -2.51. The van der Waals surface area contributed by atoms with E-state index in [1.54, 1.807) is 0 Å². The molecule has 1 aliphatic heterocycles. The van der Waals surface area contributed by atoms with Crippen molar-refractivity contribution in [3.05, 3.63) is 22.8 Å². The van der Waals surface area contributed by atoms with Crippen LogP contribution < -0.4 is 10.6 Å². The van der Waals surface area contributed by atoms with Gasteiger partial charge in [-0.3, -0.25) is 4.79 Å². The number of hydrogen-bond acceptors (Lipinski definition) is 4. The van der Waals surface area contributed by atoms with Crippen LogP contribution in [0.2, 0.25) is 0 Å². The number of anilines is 1. The molecule has 1 aromatic heterocycles. The van der Waals surface area contributed by atoms with Crippen molar-refractivity contribution in [2.45, 2.75) is 31.7 Å². The lowest BCUT2D eigenvalue weighted by atomic mass is 9.85. The first-order chi connectivity index (χ1) is 10.6. The van der Waals surface area contributed by atoms with Gasteiger partial charge < -0.3 is 15.5 Å². The van der Waals surface area contributed by atoms with Crippen molar-refractivity contribution in [2.24, 2.45) is 11.7 Å². The molecular formula is C16H23BrN4O. The smallest absolute Gasteiger partial charge is 0.225 e. The minimum Gasteiger partial charge on any atom is -0.353 e. The van der Waals surface area contributed by atoms with E-state index in [1.165, 1.54) is 0 Å². The summed E-state index contributed by atoms with van der Waals surface area (Å²) in [7, 11) is 0. The summed E-state index contributed by atoms with van der Waals surface area (Å²) >= 11 is 3.40. The van der Waals surface area contributed by atoms with E-state index < -0.39 is 0 Å². The van der Waals surface area contributed by atoms with E-state index in [9.17, 15) is 4.79 Å². The zero-order chi connectivity index (χ0) is 15.5. The molecule has 0 unspecified atom stereocenters. The Morgan fingerprint density at radius 2 is 2.00 bits per heavy atom. The lowest BCUT2D eigenvalue weighted by Gasteiger charge is -2.38. The van der Waals surface area contributed by atoms with Gasteiger partial charge >= 0.3 is 0 Å². The highest BCUT2D eigenvalue weighted by Crippen LogP contribution is 2.26. The molecule has 6 heteroatoms. The van der Waals surface area contributed by atoms with Crippen LogP contribution in [0.4, 0.5) is 5.82 Å². The van der Waals surface area contributed by atoms with Crippen molar-refractivity contribution in [1.82, 2.24) is 9.88 Å². The third-order valence-corrected chi connectivity index (χ3v) is 5.16. The highest BCUT2D eigenvalue weighted by Gasteiger charge is 2.30. The van der Waals surface area contributed by atoms with Crippen LogP contribution in [0.5, 0.6) is 0 Å². The molecular weight excluding hydrogens is 344 g/mol. The van der Waals surface area contributed by atoms with Gasteiger partial charge in [0.2, 0.25) is 5.91 Å². The second-order valence-corrected chi connectivity index (χ2v) is 7.19. The largest absolute Gasteiger partial charge is 0.353 e. The minimum atomic E-state index is 0.140. The van der Waals surface area contributed by atoms with Crippen LogP contribution in [0.15, 0.2) is 22.8 Å². The third kappa shape index (κ3) is 3.60. The maximum atomic E-state index is 12.6. The van der Waals surface area contributed by atoms with Gasteiger partial charge in [-0.2, -0.15) is 0 Å². The molecule has 2 fully saturated rings. The zero-order valence-electron chi connectivity index (χ0n) is 12.7. The van der Waals surface area contributed by atoms with Crippen molar-refractivity contribution < 1.29 is 4.79 Å². The predicted octanol–water partition coefficient (Wildman–Crippen LogP) is 2.01. The van der Waals surface area contributed by atoms with Crippen LogP contribution in [0.25, 0.3) is 0 Å². The molecule has 1 aromatic rings. The number of rotatable bonds is 2. The molecule has 0 spiro atoms. The van der Waals surface area contributed by atoms with Crippen LogP contribution >= 0.6 is 15.9 Å². The molecule has 2 atom stereocenters. The Bertz CT molecular complexity index is 513. The fourth-order valence-corrected chi connectivity index (χ4v) is 3.66. The predicted molar refractivity (Wildman–Crippen MR) is 90.7 cm³/mol. The van der Waals surface area contributed by atoms with Gasteiger partial charge in [0.05, 0.1) is 0 Å². The molecule has 1 amide bonds. The number of pyridine rings is 1. The standard InChI is InChI=1S/C16H23BrN4O/c17-13-4-5-15(19-11-13)20-6-8-21(9-7-20)16(22)12-2-1-3-14(18)10-12/h4-5,11-12,14H,1-3,6-10,18H2/t12-,14-/m0/s1. The second-order valence-electron chi connectivity index (χ2n) is 6.27. The summed E-state index contributed by atoms with van der Waals surface area (Å²) in [4.78, 5) is 21.3. The number of carbonyl (C=O) groups excluding carboxylic acids is 1. The Morgan fingerprint density at radius 1 is 1.23 bits per heavy atom. The van der Waals surface area contributed by atoms with Crippen LogP contribution in [0.1, 0.15) is 25.7 Å². The van der Waals surface area contributed by atoms with Crippen LogP contribution in [-0.4, -0.2) is 48.0 Å². The first-order valence-corrected chi connectivity index (χ1v) is 8.83. The summed E-state index contributed by atoms with van der Waals surface area (Å²) in [5, 5.41) is 0. The van der Waals surface area contributed by atoms with E-state index >= 15 is 0 Å². The summed E-state index contributed by atoms with van der Waals surface area (Å²) in [6, 6.07) is 4.22. The molecule has 1 aliphatic carbocycles. The summed E-state index contributed by atoms with van der Waals surface area (Å²) < 4.78 is 0.985. The van der Waals surface area contributed by atoms with Crippen molar-refractivity contribution in [3.8, 4) is 0 Å². The van der Waals surface area contributed by atoms with Crippen LogP contribution in [0.3, 0.4) is 0 Å².